The molecule has 0 heterocycles. The van der Waals surface area contributed by atoms with Gasteiger partial charge >= 0.3 is 0 Å². The number of hydrogen-bond acceptors (Lipinski definition) is 10. The average Bonchev–Trinajstić information content (AvgIpc) is 0.848. The number of rotatable bonds is 10. The Bertz CT molecular complexity index is 3320. The third kappa shape index (κ3) is 72.0. The number of alkyl halides is 6. The zero-order valence-electron chi connectivity index (χ0n) is 79.7. The molecule has 0 amide bonds. The van der Waals surface area contributed by atoms with Crippen molar-refractivity contribution in [3.63, 3.8) is 0 Å². The van der Waals surface area contributed by atoms with Crippen molar-refractivity contribution in [2.75, 3.05) is 38.3 Å². The lowest BCUT2D eigenvalue weighted by Gasteiger charge is -2.03. The van der Waals surface area contributed by atoms with Crippen molar-refractivity contribution in [3.8, 4) is 0 Å². The van der Waals surface area contributed by atoms with Crippen LogP contribution < -0.4 is 0 Å². The molecule has 0 spiro atoms. The van der Waals surface area contributed by atoms with E-state index >= 15 is 0 Å². The summed E-state index contributed by atoms with van der Waals surface area (Å²) in [5.41, 5.74) is 0. The first-order chi connectivity index (χ1) is 59.1. The maximum Gasteiger partial charge on any atom is 0.206 e. The molecule has 0 radical (unpaired) electrons. The molecule has 0 aliphatic heterocycles. The molecule has 11 aromatic rings. The fourth-order valence-electron chi connectivity index (χ4n) is 7.06. The Morgan fingerprint density at radius 2 is 0.149 bits per heavy atom. The second-order valence-corrected chi connectivity index (χ2v) is 26.6. The van der Waals surface area contributed by atoms with Crippen molar-refractivity contribution in [1.29, 1.82) is 0 Å². The van der Waals surface area contributed by atoms with E-state index in [1.54, 1.807) is 303 Å². The van der Waals surface area contributed by atoms with Crippen LogP contribution in [0.25, 0.3) is 0 Å². The fourth-order valence-corrected chi connectivity index (χ4v) is 13.6. The van der Waals surface area contributed by atoms with E-state index in [9.17, 15) is 42.1 Å². The van der Waals surface area contributed by atoms with Crippen molar-refractivity contribution >= 4 is 119 Å². The first kappa shape index (κ1) is 148. The SMILES string of the molecule is CC.CC.CC.CC.CC.CC.CC.CC.CC.CC.CC.CC.CC.CC.CCl.CCl.CCl.CCl.CCl.CCl.O=S(=O)(c1ccccc1)c1ccccc1.O=S(=O)(c1ccccc1)c1ccccc1.O=S(=O)(c1ccccc1)c1ccccc1.O=S(=O)(c1ccccc1)c1ccccc1.O=S(=O)(c1ccccc1)c1ccccc1.c1ccccc1. The van der Waals surface area contributed by atoms with Gasteiger partial charge in [0.1, 0.15) is 0 Å². The molecule has 0 N–H and O–H groups in total. The monoisotopic (exact) mass is 1890 g/mol. The molecule has 0 fully saturated rings. The third-order valence-corrected chi connectivity index (χ3v) is 20.1. The summed E-state index contributed by atoms with van der Waals surface area (Å²) in [6, 6.07) is 96.3. The molecule has 0 aliphatic rings. The summed E-state index contributed by atoms with van der Waals surface area (Å²) in [6.07, 6.45) is 8.83. The maximum absolute atomic E-state index is 12.0. The van der Waals surface area contributed by atoms with Crippen LogP contribution in [0.1, 0.15) is 194 Å². The summed E-state index contributed by atoms with van der Waals surface area (Å²) in [7, 11) is -16.7. The van der Waals surface area contributed by atoms with Crippen LogP contribution in [0.3, 0.4) is 0 Å². The standard InChI is InChI=1S/5C12H10O2S.C6H6.14C2H6.6CH3Cl/c5*13-15(14,11-7-3-1-4-8-11)12-9-5-2-6-10-12;1-2-4-6-5-3-1;20*1-2/h5*1-10H;1-6H;14*1-2H3;6*1H3. The molecule has 0 aromatic heterocycles. The van der Waals surface area contributed by atoms with Gasteiger partial charge in [0.05, 0.1) is 49.0 Å². The second-order valence-electron chi connectivity index (χ2n) is 16.8. The van der Waals surface area contributed by atoms with Gasteiger partial charge < -0.3 is 0 Å². The molecule has 690 valence electrons. The highest BCUT2D eigenvalue weighted by atomic mass is 35.5. The molecular formula is C100H158Cl6O10S5. The van der Waals surface area contributed by atoms with E-state index in [1.165, 1.54) is 38.3 Å². The fraction of sp³-hybridized carbons (Fsp3) is 0.340. The number of benzene rings is 11. The topological polar surface area (TPSA) is 171 Å². The zero-order chi connectivity index (χ0) is 97.9. The van der Waals surface area contributed by atoms with Crippen molar-refractivity contribution in [2.24, 2.45) is 0 Å². The maximum atomic E-state index is 12.0. The highest BCUT2D eigenvalue weighted by molar-refractivity contribution is 7.92. The van der Waals surface area contributed by atoms with Crippen LogP contribution in [-0.4, -0.2) is 80.4 Å². The van der Waals surface area contributed by atoms with Crippen LogP contribution in [0.5, 0.6) is 0 Å². The summed E-state index contributed by atoms with van der Waals surface area (Å²) in [5, 5.41) is 0. The number of sulfone groups is 5. The van der Waals surface area contributed by atoms with E-state index in [0.29, 0.717) is 49.0 Å². The Morgan fingerprint density at radius 3 is 0.198 bits per heavy atom. The second kappa shape index (κ2) is 119. The highest BCUT2D eigenvalue weighted by Crippen LogP contribution is 2.24. The minimum Gasteiger partial charge on any atom is -0.219 e. The van der Waals surface area contributed by atoms with Gasteiger partial charge in [-0.25, -0.2) is 42.1 Å². The van der Waals surface area contributed by atoms with Crippen molar-refractivity contribution in [2.45, 2.75) is 243 Å². The van der Waals surface area contributed by atoms with Crippen molar-refractivity contribution in [3.05, 3.63) is 340 Å². The van der Waals surface area contributed by atoms with E-state index in [-0.39, 0.29) is 0 Å². The van der Waals surface area contributed by atoms with Gasteiger partial charge in [-0.3, -0.25) is 0 Å². The third-order valence-electron chi connectivity index (χ3n) is 11.2. The van der Waals surface area contributed by atoms with Gasteiger partial charge in [0.15, 0.2) is 0 Å². The summed E-state index contributed by atoms with van der Waals surface area (Å²) >= 11 is 27.8. The van der Waals surface area contributed by atoms with E-state index in [1.807, 2.05) is 230 Å². The molecule has 11 rings (SSSR count). The van der Waals surface area contributed by atoms with E-state index in [4.69, 9.17) is 0 Å². The first-order valence-electron chi connectivity index (χ1n) is 41.1. The number of hydrogen-bond donors (Lipinski definition) is 0. The van der Waals surface area contributed by atoms with Crippen molar-refractivity contribution < 1.29 is 42.1 Å². The minimum atomic E-state index is -3.34. The van der Waals surface area contributed by atoms with E-state index in [2.05, 4.69) is 69.6 Å². The first-order valence-corrected chi connectivity index (χ1v) is 53.0. The lowest BCUT2D eigenvalue weighted by atomic mass is 10.4. The highest BCUT2D eigenvalue weighted by Gasteiger charge is 2.20. The van der Waals surface area contributed by atoms with E-state index < -0.39 is 49.2 Å². The van der Waals surface area contributed by atoms with Gasteiger partial charge in [-0.1, -0.05) is 412 Å². The van der Waals surface area contributed by atoms with Gasteiger partial charge in [-0.05, 0) is 121 Å². The molecule has 0 aliphatic carbocycles. The normalized spacial score (nSPS) is 8.33. The largest absolute Gasteiger partial charge is 0.219 e. The molecule has 0 unspecified atom stereocenters. The predicted octanol–water partition coefficient (Wildman–Crippen LogP) is 33.8. The van der Waals surface area contributed by atoms with Gasteiger partial charge in [0.2, 0.25) is 49.2 Å². The molecule has 121 heavy (non-hydrogen) atoms. The van der Waals surface area contributed by atoms with Crippen LogP contribution in [0.2, 0.25) is 0 Å². The van der Waals surface area contributed by atoms with Gasteiger partial charge in [-0.15, -0.1) is 69.6 Å². The smallest absolute Gasteiger partial charge is 0.206 e. The van der Waals surface area contributed by atoms with Crippen LogP contribution in [0, 0.1) is 0 Å². The quantitative estimate of drug-likeness (QED) is 0.120. The Labute approximate surface area is 775 Å². The van der Waals surface area contributed by atoms with E-state index in [0.717, 1.165) is 0 Å². The summed E-state index contributed by atoms with van der Waals surface area (Å²) in [5.74, 6) is 0. The van der Waals surface area contributed by atoms with Crippen LogP contribution in [0.4, 0.5) is 0 Å². The van der Waals surface area contributed by atoms with Gasteiger partial charge in [-0.2, -0.15) is 0 Å². The van der Waals surface area contributed by atoms with Crippen LogP contribution in [-0.2, 0) is 49.2 Å². The molecule has 11 aromatic carbocycles. The summed E-state index contributed by atoms with van der Waals surface area (Å²) < 4.78 is 120. The Hall–Kier alpha value is -7.09. The molecule has 0 bridgehead atoms. The van der Waals surface area contributed by atoms with Gasteiger partial charge in [0, 0.05) is 38.3 Å². The lowest BCUT2D eigenvalue weighted by molar-refractivity contribution is 0.594. The Balaban J connectivity index is -0.0000000795. The zero-order valence-corrected chi connectivity index (χ0v) is 88.3. The molecule has 0 saturated heterocycles. The van der Waals surface area contributed by atoms with Crippen molar-refractivity contribution in [1.82, 2.24) is 0 Å². The van der Waals surface area contributed by atoms with Crippen LogP contribution in [0.15, 0.2) is 389 Å². The van der Waals surface area contributed by atoms with Crippen LogP contribution >= 0.6 is 69.6 Å². The predicted molar refractivity (Wildman–Crippen MR) is 548 cm³/mol. The lowest BCUT2D eigenvalue weighted by Crippen LogP contribution is -2.00. The molecule has 0 atom stereocenters. The van der Waals surface area contributed by atoms with Gasteiger partial charge in [0.25, 0.3) is 0 Å². The molecular weight excluding hydrogens is 1730 g/mol. The Morgan fingerprint density at radius 1 is 0.107 bits per heavy atom. The number of halogens is 6. The molecule has 0 saturated carbocycles. The molecule has 21 heteroatoms. The molecule has 10 nitrogen and oxygen atoms in total. The summed E-state index contributed by atoms with van der Waals surface area (Å²) in [6.45, 7) is 56.0. The summed E-state index contributed by atoms with van der Waals surface area (Å²) in [4.78, 5) is 3.30. The minimum absolute atomic E-state index is 0.330. The average molecular weight is 1890 g/mol. The Kier molecular flexibility index (Phi) is 146.